The van der Waals surface area contributed by atoms with E-state index in [9.17, 15) is 4.79 Å². The van der Waals surface area contributed by atoms with Gasteiger partial charge in [0.15, 0.2) is 0 Å². The largest absolute Gasteiger partial charge is 0.352 e. The van der Waals surface area contributed by atoms with Crippen LogP contribution in [-0.4, -0.2) is 37.0 Å². The Hall–Kier alpha value is -1.87. The Morgan fingerprint density at radius 2 is 1.83 bits per heavy atom. The molecule has 2 aromatic carbocycles. The molecule has 0 spiro atoms. The van der Waals surface area contributed by atoms with Gasteiger partial charge in [-0.1, -0.05) is 55.3 Å². The predicted molar refractivity (Wildman–Crippen MR) is 95.5 cm³/mol. The number of rotatable bonds is 4. The molecular formula is C20H26N2O. The van der Waals surface area contributed by atoms with E-state index in [4.69, 9.17) is 0 Å². The lowest BCUT2D eigenvalue weighted by Gasteiger charge is -2.36. The van der Waals surface area contributed by atoms with Crippen molar-refractivity contribution in [2.24, 2.45) is 0 Å². The zero-order chi connectivity index (χ0) is 16.2. The lowest BCUT2D eigenvalue weighted by Crippen LogP contribution is -2.51. The number of likely N-dealkylation sites (N-methyl/N-ethyl adjacent to an activating group) is 1. The Balaban J connectivity index is 1.65. The van der Waals surface area contributed by atoms with Crippen LogP contribution in [0, 0.1) is 0 Å². The second kappa shape index (κ2) is 7.14. The maximum Gasteiger partial charge on any atom is 0.224 e. The summed E-state index contributed by atoms with van der Waals surface area (Å²) in [4.78, 5) is 14.7. The van der Waals surface area contributed by atoms with Crippen LogP contribution < -0.4 is 5.32 Å². The molecule has 3 nitrogen and oxygen atoms in total. The first kappa shape index (κ1) is 16.0. The zero-order valence-corrected chi connectivity index (χ0v) is 14.1. The van der Waals surface area contributed by atoms with Crippen LogP contribution in [0.25, 0.3) is 10.8 Å². The van der Waals surface area contributed by atoms with E-state index in [2.05, 4.69) is 54.6 Å². The molecule has 0 heterocycles. The summed E-state index contributed by atoms with van der Waals surface area (Å²) in [5.74, 6) is 0.138. The lowest BCUT2D eigenvalue weighted by molar-refractivity contribution is -0.121. The molecule has 1 fully saturated rings. The Bertz CT molecular complexity index is 680. The molecule has 122 valence electrons. The average Bonchev–Trinajstić information content (AvgIpc) is 2.55. The predicted octanol–water partition coefficient (Wildman–Crippen LogP) is 3.37. The highest BCUT2D eigenvalue weighted by atomic mass is 16.1. The molecular weight excluding hydrogens is 284 g/mol. The van der Waals surface area contributed by atoms with Gasteiger partial charge in [-0.3, -0.25) is 4.79 Å². The summed E-state index contributed by atoms with van der Waals surface area (Å²) in [7, 11) is 4.22. The summed E-state index contributed by atoms with van der Waals surface area (Å²) < 4.78 is 0. The number of fused-ring (bicyclic) bond motifs is 1. The Morgan fingerprint density at radius 1 is 1.09 bits per heavy atom. The number of benzene rings is 2. The van der Waals surface area contributed by atoms with Crippen LogP contribution in [0.4, 0.5) is 0 Å². The fourth-order valence-corrected chi connectivity index (χ4v) is 3.69. The highest BCUT2D eigenvalue weighted by molar-refractivity contribution is 5.85. The van der Waals surface area contributed by atoms with Crippen molar-refractivity contribution in [2.45, 2.75) is 44.2 Å². The minimum absolute atomic E-state index is 0.138. The van der Waals surface area contributed by atoms with E-state index >= 15 is 0 Å². The molecule has 1 saturated carbocycles. The number of hydrogen-bond donors (Lipinski definition) is 1. The van der Waals surface area contributed by atoms with Crippen molar-refractivity contribution in [3.05, 3.63) is 48.0 Å². The van der Waals surface area contributed by atoms with E-state index in [1.165, 1.54) is 30.0 Å². The first-order valence-corrected chi connectivity index (χ1v) is 8.57. The summed E-state index contributed by atoms with van der Waals surface area (Å²) in [6.45, 7) is 0. The summed E-state index contributed by atoms with van der Waals surface area (Å²) in [6, 6.07) is 15.3. The molecule has 0 bridgehead atoms. The number of hydrogen-bond acceptors (Lipinski definition) is 2. The standard InChI is InChI=1S/C20H26N2O/c1-22(2)19-10-6-5-9-18(19)21-20(23)14-15-11-12-16-7-3-4-8-17(16)13-15/h3-4,7-8,11-13,18-19H,5-6,9-10,14H2,1-2H3,(H,21,23). The molecule has 2 unspecified atom stereocenters. The van der Waals surface area contributed by atoms with Crippen molar-refractivity contribution in [2.75, 3.05) is 14.1 Å². The first-order chi connectivity index (χ1) is 11.1. The molecule has 0 aliphatic heterocycles. The van der Waals surface area contributed by atoms with Gasteiger partial charge in [0.2, 0.25) is 5.91 Å². The van der Waals surface area contributed by atoms with Crippen molar-refractivity contribution in [1.82, 2.24) is 10.2 Å². The second-order valence-electron chi connectivity index (χ2n) is 6.85. The normalized spacial score (nSPS) is 21.5. The SMILES string of the molecule is CN(C)C1CCCCC1NC(=O)Cc1ccc2ccccc2c1. The van der Waals surface area contributed by atoms with Crippen molar-refractivity contribution in [3.63, 3.8) is 0 Å². The summed E-state index contributed by atoms with van der Waals surface area (Å²) in [5.41, 5.74) is 1.08. The van der Waals surface area contributed by atoms with E-state index in [0.29, 0.717) is 12.5 Å². The van der Waals surface area contributed by atoms with E-state index in [1.54, 1.807) is 0 Å². The molecule has 2 aromatic rings. The van der Waals surface area contributed by atoms with Gasteiger partial charge in [0.25, 0.3) is 0 Å². The van der Waals surface area contributed by atoms with E-state index in [1.807, 2.05) is 12.1 Å². The van der Waals surface area contributed by atoms with Crippen molar-refractivity contribution < 1.29 is 4.79 Å². The summed E-state index contributed by atoms with van der Waals surface area (Å²) in [5, 5.41) is 5.68. The number of amides is 1. The molecule has 1 aliphatic carbocycles. The van der Waals surface area contributed by atoms with Gasteiger partial charge < -0.3 is 10.2 Å². The van der Waals surface area contributed by atoms with Gasteiger partial charge in [-0.15, -0.1) is 0 Å². The fraction of sp³-hybridized carbons (Fsp3) is 0.450. The smallest absolute Gasteiger partial charge is 0.224 e. The summed E-state index contributed by atoms with van der Waals surface area (Å²) in [6.07, 6.45) is 5.20. The highest BCUT2D eigenvalue weighted by Gasteiger charge is 2.27. The van der Waals surface area contributed by atoms with Gasteiger partial charge in [0.05, 0.1) is 6.42 Å². The third-order valence-corrected chi connectivity index (χ3v) is 4.92. The minimum atomic E-state index is 0.138. The Morgan fingerprint density at radius 3 is 2.61 bits per heavy atom. The van der Waals surface area contributed by atoms with Gasteiger partial charge in [0.1, 0.15) is 0 Å². The van der Waals surface area contributed by atoms with Crippen molar-refractivity contribution >= 4 is 16.7 Å². The zero-order valence-electron chi connectivity index (χ0n) is 14.1. The van der Waals surface area contributed by atoms with Crippen LogP contribution in [0.15, 0.2) is 42.5 Å². The second-order valence-corrected chi connectivity index (χ2v) is 6.85. The Labute approximate surface area is 138 Å². The van der Waals surface area contributed by atoms with Gasteiger partial charge in [-0.2, -0.15) is 0 Å². The van der Waals surface area contributed by atoms with Gasteiger partial charge in [0, 0.05) is 12.1 Å². The van der Waals surface area contributed by atoms with Crippen molar-refractivity contribution in [1.29, 1.82) is 0 Å². The van der Waals surface area contributed by atoms with E-state index < -0.39 is 0 Å². The van der Waals surface area contributed by atoms with Crippen LogP contribution in [0.3, 0.4) is 0 Å². The molecule has 23 heavy (non-hydrogen) atoms. The molecule has 3 heteroatoms. The maximum atomic E-state index is 12.5. The maximum absolute atomic E-state index is 12.5. The molecule has 0 radical (unpaired) electrons. The van der Waals surface area contributed by atoms with E-state index in [0.717, 1.165) is 12.0 Å². The third-order valence-electron chi connectivity index (χ3n) is 4.92. The number of nitrogens with one attached hydrogen (secondary N) is 1. The van der Waals surface area contributed by atoms with Gasteiger partial charge in [-0.25, -0.2) is 0 Å². The third kappa shape index (κ3) is 3.91. The molecule has 0 saturated heterocycles. The quantitative estimate of drug-likeness (QED) is 0.939. The van der Waals surface area contributed by atoms with E-state index in [-0.39, 0.29) is 11.9 Å². The summed E-state index contributed by atoms with van der Waals surface area (Å²) >= 11 is 0. The Kier molecular flexibility index (Phi) is 4.97. The fourth-order valence-electron chi connectivity index (χ4n) is 3.69. The van der Waals surface area contributed by atoms with Gasteiger partial charge >= 0.3 is 0 Å². The highest BCUT2D eigenvalue weighted by Crippen LogP contribution is 2.22. The number of nitrogens with zero attached hydrogens (tertiary/aromatic N) is 1. The number of carbonyl (C=O) groups is 1. The van der Waals surface area contributed by atoms with Gasteiger partial charge in [-0.05, 0) is 43.3 Å². The first-order valence-electron chi connectivity index (χ1n) is 8.57. The number of carbonyl (C=O) groups excluding carboxylic acids is 1. The van der Waals surface area contributed by atoms with Crippen LogP contribution in [0.2, 0.25) is 0 Å². The van der Waals surface area contributed by atoms with Crippen molar-refractivity contribution in [3.8, 4) is 0 Å². The molecule has 0 aromatic heterocycles. The van der Waals surface area contributed by atoms with Crippen LogP contribution >= 0.6 is 0 Å². The average molecular weight is 310 g/mol. The molecule has 1 amide bonds. The van der Waals surface area contributed by atoms with Crippen LogP contribution in [0.5, 0.6) is 0 Å². The monoisotopic (exact) mass is 310 g/mol. The molecule has 2 atom stereocenters. The molecule has 3 rings (SSSR count). The molecule has 1 N–H and O–H groups in total. The topological polar surface area (TPSA) is 32.3 Å². The molecule has 1 aliphatic rings. The van der Waals surface area contributed by atoms with Crippen LogP contribution in [0.1, 0.15) is 31.2 Å². The minimum Gasteiger partial charge on any atom is -0.352 e. The van der Waals surface area contributed by atoms with Crippen LogP contribution in [-0.2, 0) is 11.2 Å². The lowest BCUT2D eigenvalue weighted by atomic mass is 9.89.